The quantitative estimate of drug-likeness (QED) is 0.406. The van der Waals surface area contributed by atoms with E-state index < -0.39 is 0 Å². The van der Waals surface area contributed by atoms with Gasteiger partial charge in [0.25, 0.3) is 0 Å². The number of nitrogens with two attached hydrogens (primary N) is 1. The van der Waals surface area contributed by atoms with Crippen LogP contribution in [-0.2, 0) is 4.74 Å². The summed E-state index contributed by atoms with van der Waals surface area (Å²) in [4.78, 5) is 4.34. The standard InChI is InChI=1S/C16H27N3O3.HI/c1-16(2,3)14(22-6)10-18-15(17)19-11-7-8-12(20-4)13(9-11)21-5;/h7-9,14H,10H2,1-6H3,(H3,17,18,19);1H. The van der Waals surface area contributed by atoms with Crippen molar-refractivity contribution in [3.63, 3.8) is 0 Å². The lowest BCUT2D eigenvalue weighted by Crippen LogP contribution is -2.33. The molecule has 1 aromatic rings. The molecule has 1 aromatic carbocycles. The van der Waals surface area contributed by atoms with Crippen LogP contribution in [0, 0.1) is 5.41 Å². The molecule has 1 rings (SSSR count). The number of nitrogens with one attached hydrogen (secondary N) is 1. The van der Waals surface area contributed by atoms with Gasteiger partial charge in [-0.15, -0.1) is 24.0 Å². The molecule has 0 aliphatic rings. The Kier molecular flexibility index (Phi) is 9.29. The fraction of sp³-hybridized carbons (Fsp3) is 0.562. The van der Waals surface area contributed by atoms with Crippen LogP contribution in [0.25, 0.3) is 0 Å². The zero-order valence-electron chi connectivity index (χ0n) is 14.7. The van der Waals surface area contributed by atoms with Gasteiger partial charge >= 0.3 is 0 Å². The van der Waals surface area contributed by atoms with Crippen LogP contribution >= 0.6 is 24.0 Å². The van der Waals surface area contributed by atoms with Crippen molar-refractivity contribution in [2.75, 3.05) is 33.2 Å². The molecular formula is C16H28IN3O3. The Morgan fingerprint density at radius 2 is 1.78 bits per heavy atom. The second kappa shape index (κ2) is 9.82. The van der Waals surface area contributed by atoms with E-state index in [1.165, 1.54) is 0 Å². The predicted octanol–water partition coefficient (Wildman–Crippen LogP) is 3.11. The molecule has 1 unspecified atom stereocenters. The molecule has 0 amide bonds. The summed E-state index contributed by atoms with van der Waals surface area (Å²) < 4.78 is 15.9. The second-order valence-corrected chi connectivity index (χ2v) is 6.01. The van der Waals surface area contributed by atoms with E-state index in [1.54, 1.807) is 27.4 Å². The van der Waals surface area contributed by atoms with Gasteiger partial charge in [-0.05, 0) is 17.5 Å². The van der Waals surface area contributed by atoms with E-state index in [-0.39, 0.29) is 35.5 Å². The Labute approximate surface area is 155 Å². The summed E-state index contributed by atoms with van der Waals surface area (Å²) in [7, 11) is 4.87. The maximum Gasteiger partial charge on any atom is 0.193 e. The van der Waals surface area contributed by atoms with Crippen LogP contribution in [0.2, 0.25) is 0 Å². The van der Waals surface area contributed by atoms with Gasteiger partial charge in [0.2, 0.25) is 0 Å². The number of benzene rings is 1. The lowest BCUT2D eigenvalue weighted by atomic mass is 9.89. The number of rotatable bonds is 6. The highest BCUT2D eigenvalue weighted by Crippen LogP contribution is 2.29. The monoisotopic (exact) mass is 437 g/mol. The summed E-state index contributed by atoms with van der Waals surface area (Å²) in [6.07, 6.45) is -0.00162. The first-order valence-corrected chi connectivity index (χ1v) is 7.13. The first-order chi connectivity index (χ1) is 10.3. The number of halogens is 1. The minimum atomic E-state index is -0.00162. The van der Waals surface area contributed by atoms with Crippen molar-refractivity contribution in [3.8, 4) is 11.5 Å². The van der Waals surface area contributed by atoms with Gasteiger partial charge in [0.15, 0.2) is 17.5 Å². The van der Waals surface area contributed by atoms with Crippen LogP contribution < -0.4 is 20.5 Å². The Hall–Kier alpha value is -1.22. The lowest BCUT2D eigenvalue weighted by molar-refractivity contribution is 0.0242. The molecule has 0 aliphatic heterocycles. The average molecular weight is 437 g/mol. The molecule has 1 atom stereocenters. The zero-order chi connectivity index (χ0) is 16.8. The second-order valence-electron chi connectivity index (χ2n) is 6.01. The normalized spacial score (nSPS) is 13.0. The van der Waals surface area contributed by atoms with Crippen molar-refractivity contribution in [1.29, 1.82) is 0 Å². The van der Waals surface area contributed by atoms with Crippen LogP contribution in [-0.4, -0.2) is 39.9 Å². The summed E-state index contributed by atoms with van der Waals surface area (Å²) >= 11 is 0. The molecule has 0 saturated carbocycles. The van der Waals surface area contributed by atoms with Crippen LogP contribution in [0.4, 0.5) is 5.69 Å². The van der Waals surface area contributed by atoms with E-state index in [2.05, 4.69) is 31.1 Å². The fourth-order valence-corrected chi connectivity index (χ4v) is 1.98. The highest BCUT2D eigenvalue weighted by Gasteiger charge is 2.23. The smallest absolute Gasteiger partial charge is 0.193 e. The Morgan fingerprint density at radius 1 is 1.17 bits per heavy atom. The van der Waals surface area contributed by atoms with E-state index in [9.17, 15) is 0 Å². The van der Waals surface area contributed by atoms with Gasteiger partial charge in [-0.25, -0.2) is 0 Å². The van der Waals surface area contributed by atoms with Crippen LogP contribution in [0.3, 0.4) is 0 Å². The molecule has 7 heteroatoms. The number of ether oxygens (including phenoxy) is 3. The molecule has 132 valence electrons. The molecular weight excluding hydrogens is 409 g/mol. The molecule has 3 N–H and O–H groups in total. The summed E-state index contributed by atoms with van der Waals surface area (Å²) in [6, 6.07) is 5.46. The molecule has 0 fully saturated rings. The molecule has 6 nitrogen and oxygen atoms in total. The molecule has 0 bridgehead atoms. The van der Waals surface area contributed by atoms with E-state index in [4.69, 9.17) is 19.9 Å². The van der Waals surface area contributed by atoms with Gasteiger partial charge in [0.1, 0.15) is 0 Å². The lowest BCUT2D eigenvalue weighted by Gasteiger charge is -2.27. The number of aliphatic imine (C=N–C) groups is 1. The third-order valence-corrected chi connectivity index (χ3v) is 3.33. The molecule has 0 aliphatic carbocycles. The SMILES string of the molecule is COc1ccc(NC(N)=NCC(OC)C(C)(C)C)cc1OC.I. The van der Waals surface area contributed by atoms with Crippen molar-refractivity contribution < 1.29 is 14.2 Å². The van der Waals surface area contributed by atoms with Crippen molar-refractivity contribution in [2.24, 2.45) is 16.1 Å². The Morgan fingerprint density at radius 3 is 2.26 bits per heavy atom. The van der Waals surface area contributed by atoms with Gasteiger partial charge in [0, 0.05) is 18.9 Å². The molecule has 0 spiro atoms. The predicted molar refractivity (Wildman–Crippen MR) is 105 cm³/mol. The Bertz CT molecular complexity index is 516. The van der Waals surface area contributed by atoms with Gasteiger partial charge in [0.05, 0.1) is 26.9 Å². The molecule has 0 aromatic heterocycles. The van der Waals surface area contributed by atoms with E-state index in [1.807, 2.05) is 12.1 Å². The topological polar surface area (TPSA) is 78.1 Å². The third kappa shape index (κ3) is 6.82. The van der Waals surface area contributed by atoms with Gasteiger partial charge in [-0.2, -0.15) is 0 Å². The minimum Gasteiger partial charge on any atom is -0.493 e. The van der Waals surface area contributed by atoms with Gasteiger partial charge in [-0.1, -0.05) is 20.8 Å². The van der Waals surface area contributed by atoms with E-state index in [0.29, 0.717) is 24.0 Å². The highest BCUT2D eigenvalue weighted by atomic mass is 127. The number of hydrogen-bond acceptors (Lipinski definition) is 4. The van der Waals surface area contributed by atoms with Gasteiger partial charge in [-0.3, -0.25) is 4.99 Å². The maximum absolute atomic E-state index is 5.93. The zero-order valence-corrected chi connectivity index (χ0v) is 17.0. The van der Waals surface area contributed by atoms with Crippen molar-refractivity contribution in [3.05, 3.63) is 18.2 Å². The molecule has 0 radical (unpaired) electrons. The average Bonchev–Trinajstić information content (AvgIpc) is 2.46. The summed E-state index contributed by atoms with van der Waals surface area (Å²) in [5.41, 5.74) is 6.71. The molecule has 23 heavy (non-hydrogen) atoms. The van der Waals surface area contributed by atoms with Crippen LogP contribution in [0.5, 0.6) is 11.5 Å². The molecule has 0 heterocycles. The van der Waals surface area contributed by atoms with E-state index in [0.717, 1.165) is 5.69 Å². The summed E-state index contributed by atoms with van der Waals surface area (Å²) in [5, 5.41) is 3.04. The van der Waals surface area contributed by atoms with Crippen molar-refractivity contribution in [2.45, 2.75) is 26.9 Å². The number of guanidine groups is 1. The highest BCUT2D eigenvalue weighted by molar-refractivity contribution is 14.0. The Balaban J connectivity index is 0.00000484. The van der Waals surface area contributed by atoms with Gasteiger partial charge < -0.3 is 25.3 Å². The summed E-state index contributed by atoms with van der Waals surface area (Å²) in [5.74, 6) is 1.62. The number of hydrogen-bond donors (Lipinski definition) is 2. The minimum absolute atomic E-state index is 0. The number of anilines is 1. The number of nitrogens with zero attached hydrogens (tertiary/aromatic N) is 1. The van der Waals surface area contributed by atoms with Crippen molar-refractivity contribution in [1.82, 2.24) is 0 Å². The van der Waals surface area contributed by atoms with Crippen LogP contribution in [0.15, 0.2) is 23.2 Å². The maximum atomic E-state index is 5.93. The van der Waals surface area contributed by atoms with E-state index >= 15 is 0 Å². The number of methoxy groups -OCH3 is 3. The first kappa shape index (κ1) is 21.8. The fourth-order valence-electron chi connectivity index (χ4n) is 1.98. The largest absolute Gasteiger partial charge is 0.493 e. The van der Waals surface area contributed by atoms with Crippen molar-refractivity contribution >= 4 is 35.6 Å². The third-order valence-electron chi connectivity index (χ3n) is 3.33. The molecule has 0 saturated heterocycles. The van der Waals surface area contributed by atoms with Crippen LogP contribution in [0.1, 0.15) is 20.8 Å². The summed E-state index contributed by atoms with van der Waals surface area (Å²) in [6.45, 7) is 6.81. The first-order valence-electron chi connectivity index (χ1n) is 7.13.